The molecule has 1 heterocycles. The lowest BCUT2D eigenvalue weighted by atomic mass is 10.1. The molecule has 2 rings (SSSR count). The Bertz CT molecular complexity index is 669. The molecule has 1 unspecified atom stereocenters. The Labute approximate surface area is 131 Å². The quantitative estimate of drug-likeness (QED) is 0.836. The summed E-state index contributed by atoms with van der Waals surface area (Å²) in [5.74, 6) is -0.0409. The number of aromatic nitrogens is 2. The van der Waals surface area contributed by atoms with Crippen LogP contribution in [0, 0.1) is 6.92 Å². The SMILES string of the molecule is CNC(=O)NC(=O)C(C)Sc1nnc(-c2ccc(C)cc2)o1. The van der Waals surface area contributed by atoms with Gasteiger partial charge in [-0.3, -0.25) is 10.1 Å². The summed E-state index contributed by atoms with van der Waals surface area (Å²) in [7, 11) is 1.44. The summed E-state index contributed by atoms with van der Waals surface area (Å²) in [6, 6.07) is 7.12. The van der Waals surface area contributed by atoms with Crippen molar-refractivity contribution in [1.29, 1.82) is 0 Å². The normalized spacial score (nSPS) is 11.8. The summed E-state index contributed by atoms with van der Waals surface area (Å²) in [6.45, 7) is 3.64. The van der Waals surface area contributed by atoms with E-state index >= 15 is 0 Å². The van der Waals surface area contributed by atoms with Gasteiger partial charge in [-0.05, 0) is 26.0 Å². The van der Waals surface area contributed by atoms with Gasteiger partial charge in [0.15, 0.2) is 0 Å². The van der Waals surface area contributed by atoms with Gasteiger partial charge in [-0.25, -0.2) is 4.79 Å². The molecule has 0 spiro atoms. The molecule has 2 aromatic rings. The maximum Gasteiger partial charge on any atom is 0.321 e. The minimum atomic E-state index is -0.552. The number of amides is 3. The van der Waals surface area contributed by atoms with E-state index in [4.69, 9.17) is 4.42 Å². The Morgan fingerprint density at radius 1 is 1.23 bits per heavy atom. The highest BCUT2D eigenvalue weighted by Gasteiger charge is 2.20. The van der Waals surface area contributed by atoms with Crippen molar-refractivity contribution in [3.05, 3.63) is 29.8 Å². The Morgan fingerprint density at radius 3 is 2.55 bits per heavy atom. The first kappa shape index (κ1) is 16.0. The predicted octanol–water partition coefficient (Wildman–Crippen LogP) is 1.98. The molecule has 0 fully saturated rings. The molecular weight excluding hydrogens is 304 g/mol. The van der Waals surface area contributed by atoms with E-state index in [1.807, 2.05) is 31.2 Å². The first-order valence-electron chi connectivity index (χ1n) is 6.59. The van der Waals surface area contributed by atoms with E-state index in [2.05, 4.69) is 20.8 Å². The molecule has 8 heteroatoms. The number of hydrogen-bond acceptors (Lipinski definition) is 6. The van der Waals surface area contributed by atoms with Crippen molar-refractivity contribution in [3.63, 3.8) is 0 Å². The number of rotatable bonds is 4. The molecular formula is C14H16N4O3S. The molecule has 22 heavy (non-hydrogen) atoms. The van der Waals surface area contributed by atoms with Crippen molar-refractivity contribution in [1.82, 2.24) is 20.8 Å². The molecule has 116 valence electrons. The largest absolute Gasteiger partial charge is 0.411 e. The number of urea groups is 1. The summed E-state index contributed by atoms with van der Waals surface area (Å²) < 4.78 is 5.52. The second-order valence-corrected chi connectivity index (χ2v) is 5.86. The highest BCUT2D eigenvalue weighted by Crippen LogP contribution is 2.26. The second kappa shape index (κ2) is 7.08. The van der Waals surface area contributed by atoms with Gasteiger partial charge in [-0.2, -0.15) is 0 Å². The first-order valence-corrected chi connectivity index (χ1v) is 7.47. The summed E-state index contributed by atoms with van der Waals surface area (Å²) in [6.07, 6.45) is 0. The average Bonchev–Trinajstić information content (AvgIpc) is 2.96. The van der Waals surface area contributed by atoms with Crippen LogP contribution in [0.25, 0.3) is 11.5 Å². The van der Waals surface area contributed by atoms with Gasteiger partial charge in [-0.15, -0.1) is 10.2 Å². The number of nitrogens with zero attached hydrogens (tertiary/aromatic N) is 2. The minimum absolute atomic E-state index is 0.273. The van der Waals surface area contributed by atoms with Gasteiger partial charge < -0.3 is 9.73 Å². The van der Waals surface area contributed by atoms with Crippen LogP contribution in [-0.4, -0.2) is 34.4 Å². The number of imide groups is 1. The molecule has 0 aliphatic rings. The van der Waals surface area contributed by atoms with Crippen LogP contribution in [0.3, 0.4) is 0 Å². The second-order valence-electron chi connectivity index (χ2n) is 4.57. The van der Waals surface area contributed by atoms with E-state index in [0.717, 1.165) is 22.9 Å². The van der Waals surface area contributed by atoms with Crippen molar-refractivity contribution >= 4 is 23.7 Å². The number of thioether (sulfide) groups is 1. The third-order valence-electron chi connectivity index (χ3n) is 2.82. The molecule has 1 atom stereocenters. The first-order chi connectivity index (χ1) is 10.5. The monoisotopic (exact) mass is 320 g/mol. The maximum absolute atomic E-state index is 11.7. The molecule has 3 amide bonds. The number of carbonyl (C=O) groups is 2. The van der Waals surface area contributed by atoms with Crippen LogP contribution in [0.1, 0.15) is 12.5 Å². The molecule has 0 bridgehead atoms. The smallest absolute Gasteiger partial charge is 0.321 e. The third-order valence-corrected chi connectivity index (χ3v) is 3.75. The van der Waals surface area contributed by atoms with E-state index in [9.17, 15) is 9.59 Å². The van der Waals surface area contributed by atoms with Gasteiger partial charge in [0.05, 0.1) is 5.25 Å². The molecule has 1 aromatic carbocycles. The number of carbonyl (C=O) groups excluding carboxylic acids is 2. The average molecular weight is 320 g/mol. The third kappa shape index (κ3) is 4.08. The van der Waals surface area contributed by atoms with Crippen molar-refractivity contribution in [2.75, 3.05) is 7.05 Å². The van der Waals surface area contributed by atoms with Gasteiger partial charge >= 0.3 is 6.03 Å². The van der Waals surface area contributed by atoms with E-state index in [0.29, 0.717) is 5.89 Å². The zero-order valence-electron chi connectivity index (χ0n) is 12.4. The van der Waals surface area contributed by atoms with E-state index < -0.39 is 17.2 Å². The summed E-state index contributed by atoms with van der Waals surface area (Å²) in [5.41, 5.74) is 1.95. The van der Waals surface area contributed by atoms with Crippen molar-refractivity contribution in [3.8, 4) is 11.5 Å². The zero-order chi connectivity index (χ0) is 16.1. The fourth-order valence-electron chi connectivity index (χ4n) is 1.55. The fraction of sp³-hybridized carbons (Fsp3) is 0.286. The number of nitrogens with one attached hydrogen (secondary N) is 2. The zero-order valence-corrected chi connectivity index (χ0v) is 13.2. The van der Waals surface area contributed by atoms with Crippen LogP contribution in [0.15, 0.2) is 33.9 Å². The van der Waals surface area contributed by atoms with E-state index in [1.165, 1.54) is 7.05 Å². The Balaban J connectivity index is 2.01. The number of aryl methyl sites for hydroxylation is 1. The molecule has 0 aliphatic carbocycles. The van der Waals surface area contributed by atoms with Crippen LogP contribution in [-0.2, 0) is 4.79 Å². The highest BCUT2D eigenvalue weighted by molar-refractivity contribution is 8.00. The summed E-state index contributed by atoms with van der Waals surface area (Å²) in [4.78, 5) is 22.8. The number of hydrogen-bond donors (Lipinski definition) is 2. The fourth-order valence-corrected chi connectivity index (χ4v) is 2.23. The van der Waals surface area contributed by atoms with Crippen molar-refractivity contribution < 1.29 is 14.0 Å². The Kier molecular flexibility index (Phi) is 5.16. The van der Waals surface area contributed by atoms with Crippen molar-refractivity contribution in [2.24, 2.45) is 0 Å². The lowest BCUT2D eigenvalue weighted by molar-refractivity contribution is -0.119. The van der Waals surface area contributed by atoms with Gasteiger partial charge in [0.1, 0.15) is 0 Å². The molecule has 0 saturated carbocycles. The molecule has 0 radical (unpaired) electrons. The lowest BCUT2D eigenvalue weighted by Gasteiger charge is -2.07. The Morgan fingerprint density at radius 2 is 1.91 bits per heavy atom. The van der Waals surface area contributed by atoms with Crippen LogP contribution in [0.5, 0.6) is 0 Å². The van der Waals surface area contributed by atoms with E-state index in [1.54, 1.807) is 6.92 Å². The molecule has 7 nitrogen and oxygen atoms in total. The number of benzene rings is 1. The molecule has 0 aliphatic heterocycles. The topological polar surface area (TPSA) is 97.1 Å². The van der Waals surface area contributed by atoms with Crippen LogP contribution in [0.2, 0.25) is 0 Å². The van der Waals surface area contributed by atoms with Crippen molar-refractivity contribution in [2.45, 2.75) is 24.3 Å². The predicted molar refractivity (Wildman–Crippen MR) is 82.4 cm³/mol. The van der Waals surface area contributed by atoms with Crippen LogP contribution in [0.4, 0.5) is 4.79 Å². The van der Waals surface area contributed by atoms with Gasteiger partial charge in [-0.1, -0.05) is 29.5 Å². The summed E-state index contributed by atoms with van der Waals surface area (Å²) >= 11 is 1.09. The molecule has 1 aromatic heterocycles. The molecule has 2 N–H and O–H groups in total. The highest BCUT2D eigenvalue weighted by atomic mass is 32.2. The standard InChI is InChI=1S/C14H16N4O3S/c1-8-4-6-10(7-5-8)12-17-18-14(21-12)22-9(2)11(19)16-13(20)15-3/h4-7,9H,1-3H3,(H2,15,16,19,20). The minimum Gasteiger partial charge on any atom is -0.411 e. The van der Waals surface area contributed by atoms with Crippen LogP contribution >= 0.6 is 11.8 Å². The van der Waals surface area contributed by atoms with Gasteiger partial charge in [0, 0.05) is 12.6 Å². The molecule has 0 saturated heterocycles. The maximum atomic E-state index is 11.7. The van der Waals surface area contributed by atoms with Crippen LogP contribution < -0.4 is 10.6 Å². The lowest BCUT2D eigenvalue weighted by Crippen LogP contribution is -2.41. The van der Waals surface area contributed by atoms with E-state index in [-0.39, 0.29) is 5.22 Å². The Hall–Kier alpha value is -2.35. The van der Waals surface area contributed by atoms with Gasteiger partial charge in [0.25, 0.3) is 5.22 Å². The van der Waals surface area contributed by atoms with Gasteiger partial charge in [0.2, 0.25) is 11.8 Å². The summed E-state index contributed by atoms with van der Waals surface area (Å²) in [5, 5.41) is 12.1.